The van der Waals surface area contributed by atoms with E-state index in [4.69, 9.17) is 4.74 Å². The molecule has 140 valence electrons. The van der Waals surface area contributed by atoms with E-state index in [9.17, 15) is 4.79 Å². The first-order valence-electron chi connectivity index (χ1n) is 8.79. The third-order valence-corrected chi connectivity index (χ3v) is 5.08. The quantitative estimate of drug-likeness (QED) is 0.605. The van der Waals surface area contributed by atoms with Crippen LogP contribution in [0, 0.1) is 6.92 Å². The molecular weight excluding hydrogens is 358 g/mol. The Morgan fingerprint density at radius 3 is 2.81 bits per heavy atom. The van der Waals surface area contributed by atoms with Crippen LogP contribution >= 0.6 is 11.8 Å². The van der Waals surface area contributed by atoms with E-state index in [1.54, 1.807) is 13.3 Å². The number of nitrogens with zero attached hydrogens (tertiary/aromatic N) is 2. The molecule has 1 heterocycles. The molecule has 0 aliphatic rings. The fraction of sp³-hybridized carbons (Fsp3) is 0.238. The van der Waals surface area contributed by atoms with Gasteiger partial charge in [-0.1, -0.05) is 48.2 Å². The normalized spacial score (nSPS) is 10.6. The molecule has 6 heteroatoms. The number of hydrogen-bond donors (Lipinski definition) is 1. The molecule has 0 saturated carbocycles. The van der Waals surface area contributed by atoms with Crippen LogP contribution in [0.25, 0.3) is 5.69 Å². The van der Waals surface area contributed by atoms with Crippen LogP contribution in [0.3, 0.4) is 0 Å². The summed E-state index contributed by atoms with van der Waals surface area (Å²) in [5.74, 6) is 1.09. The van der Waals surface area contributed by atoms with Gasteiger partial charge in [0.15, 0.2) is 5.16 Å². The first-order valence-corrected chi connectivity index (χ1v) is 9.77. The lowest BCUT2D eigenvalue weighted by atomic mass is 10.1. The van der Waals surface area contributed by atoms with Gasteiger partial charge in [-0.05, 0) is 36.6 Å². The zero-order valence-electron chi connectivity index (χ0n) is 15.5. The third kappa shape index (κ3) is 5.14. The first kappa shape index (κ1) is 19.0. The van der Waals surface area contributed by atoms with Crippen molar-refractivity contribution in [3.63, 3.8) is 0 Å². The fourth-order valence-electron chi connectivity index (χ4n) is 2.74. The molecule has 0 unspecified atom stereocenters. The average molecular weight is 382 g/mol. The number of imidazole rings is 1. The number of nitrogens with one attached hydrogen (secondary N) is 1. The number of aryl methyl sites for hydroxylation is 1. The van der Waals surface area contributed by atoms with Crippen LogP contribution in [0.4, 0.5) is 0 Å². The monoisotopic (exact) mass is 381 g/mol. The maximum atomic E-state index is 12.2. The molecule has 1 aromatic heterocycles. The molecule has 0 aliphatic carbocycles. The maximum absolute atomic E-state index is 12.2. The highest BCUT2D eigenvalue weighted by Gasteiger charge is 2.12. The van der Waals surface area contributed by atoms with E-state index in [0.29, 0.717) is 12.3 Å². The molecule has 2 aromatic carbocycles. The number of ether oxygens (including phenoxy) is 1. The Labute approximate surface area is 163 Å². The predicted molar refractivity (Wildman–Crippen MR) is 109 cm³/mol. The Morgan fingerprint density at radius 1 is 1.22 bits per heavy atom. The SMILES string of the molecule is COc1ccc(C)cc1-n1ccnc1SCC(=O)NCCc1ccccc1. The van der Waals surface area contributed by atoms with Crippen molar-refractivity contribution >= 4 is 17.7 Å². The Bertz CT molecular complexity index is 893. The Kier molecular flexibility index (Phi) is 6.54. The van der Waals surface area contributed by atoms with Crippen LogP contribution < -0.4 is 10.1 Å². The van der Waals surface area contributed by atoms with Gasteiger partial charge in [-0.25, -0.2) is 4.98 Å². The summed E-state index contributed by atoms with van der Waals surface area (Å²) in [5, 5.41) is 3.72. The molecule has 0 spiro atoms. The predicted octanol–water partition coefficient (Wildman–Crippen LogP) is 3.64. The number of rotatable bonds is 8. The lowest BCUT2D eigenvalue weighted by molar-refractivity contribution is -0.118. The van der Waals surface area contributed by atoms with Crippen LogP contribution in [0.15, 0.2) is 66.1 Å². The van der Waals surface area contributed by atoms with E-state index in [1.807, 2.05) is 54.1 Å². The van der Waals surface area contributed by atoms with Crippen LogP contribution in [0.2, 0.25) is 0 Å². The standard InChI is InChI=1S/C21H23N3O2S/c1-16-8-9-19(26-2)18(14-16)24-13-12-23-21(24)27-15-20(25)22-11-10-17-6-4-3-5-7-17/h3-9,12-14H,10-11,15H2,1-2H3,(H,22,25). The Hall–Kier alpha value is -2.73. The fourth-order valence-corrected chi connectivity index (χ4v) is 3.54. The van der Waals surface area contributed by atoms with Crippen LogP contribution in [-0.4, -0.2) is 34.9 Å². The van der Waals surface area contributed by atoms with E-state index >= 15 is 0 Å². The zero-order valence-corrected chi connectivity index (χ0v) is 16.3. The second-order valence-corrected chi connectivity index (χ2v) is 7.07. The largest absolute Gasteiger partial charge is 0.495 e. The molecule has 0 fully saturated rings. The number of thioether (sulfide) groups is 1. The number of hydrogen-bond acceptors (Lipinski definition) is 4. The van der Waals surface area contributed by atoms with Gasteiger partial charge in [0.1, 0.15) is 5.75 Å². The van der Waals surface area contributed by atoms with Crippen molar-refractivity contribution < 1.29 is 9.53 Å². The second-order valence-electron chi connectivity index (χ2n) is 6.13. The lowest BCUT2D eigenvalue weighted by Crippen LogP contribution is -2.27. The summed E-state index contributed by atoms with van der Waals surface area (Å²) in [5.41, 5.74) is 3.27. The van der Waals surface area contributed by atoms with Crippen molar-refractivity contribution in [1.29, 1.82) is 0 Å². The summed E-state index contributed by atoms with van der Waals surface area (Å²) in [7, 11) is 1.65. The number of aromatic nitrogens is 2. The van der Waals surface area contributed by atoms with Crippen molar-refractivity contribution in [1.82, 2.24) is 14.9 Å². The molecular formula is C21H23N3O2S. The smallest absolute Gasteiger partial charge is 0.230 e. The minimum Gasteiger partial charge on any atom is -0.495 e. The minimum absolute atomic E-state index is 0.00156. The highest BCUT2D eigenvalue weighted by molar-refractivity contribution is 7.99. The topological polar surface area (TPSA) is 56.2 Å². The molecule has 5 nitrogen and oxygen atoms in total. The van der Waals surface area contributed by atoms with Gasteiger partial charge in [0, 0.05) is 18.9 Å². The van der Waals surface area contributed by atoms with E-state index in [-0.39, 0.29) is 5.91 Å². The zero-order chi connectivity index (χ0) is 19.1. The molecule has 0 aliphatic heterocycles. The number of benzene rings is 2. The van der Waals surface area contributed by atoms with E-state index in [1.165, 1.54) is 17.3 Å². The summed E-state index contributed by atoms with van der Waals surface area (Å²) >= 11 is 1.41. The van der Waals surface area contributed by atoms with Gasteiger partial charge in [-0.2, -0.15) is 0 Å². The number of carbonyl (C=O) groups is 1. The van der Waals surface area contributed by atoms with Gasteiger partial charge in [-0.15, -0.1) is 0 Å². The van der Waals surface area contributed by atoms with Gasteiger partial charge in [0.2, 0.25) is 5.91 Å². The van der Waals surface area contributed by atoms with E-state index in [2.05, 4.69) is 22.4 Å². The van der Waals surface area contributed by atoms with Crippen molar-refractivity contribution in [3.8, 4) is 11.4 Å². The maximum Gasteiger partial charge on any atom is 0.230 e. The number of carbonyl (C=O) groups excluding carboxylic acids is 1. The van der Waals surface area contributed by atoms with E-state index in [0.717, 1.165) is 28.6 Å². The summed E-state index contributed by atoms with van der Waals surface area (Å²) in [6.45, 7) is 2.66. The second kappa shape index (κ2) is 9.28. The summed E-state index contributed by atoms with van der Waals surface area (Å²) < 4.78 is 7.41. The molecule has 0 bridgehead atoms. The summed E-state index contributed by atoms with van der Waals surface area (Å²) in [6.07, 6.45) is 4.44. The van der Waals surface area contributed by atoms with E-state index < -0.39 is 0 Å². The van der Waals surface area contributed by atoms with Crippen molar-refractivity contribution in [3.05, 3.63) is 72.1 Å². The lowest BCUT2D eigenvalue weighted by Gasteiger charge is -2.12. The Balaban J connectivity index is 1.57. The average Bonchev–Trinajstić information content (AvgIpc) is 3.15. The molecule has 27 heavy (non-hydrogen) atoms. The van der Waals surface area contributed by atoms with Crippen LogP contribution in [-0.2, 0) is 11.2 Å². The highest BCUT2D eigenvalue weighted by atomic mass is 32.2. The summed E-state index contributed by atoms with van der Waals surface area (Å²) in [6, 6.07) is 16.1. The third-order valence-electron chi connectivity index (χ3n) is 4.11. The van der Waals surface area contributed by atoms with Gasteiger partial charge in [0.25, 0.3) is 0 Å². The van der Waals surface area contributed by atoms with Gasteiger partial charge >= 0.3 is 0 Å². The molecule has 3 rings (SSSR count). The van der Waals surface area contributed by atoms with Gasteiger partial charge in [-0.3, -0.25) is 9.36 Å². The molecule has 1 N–H and O–H groups in total. The minimum atomic E-state index is 0.00156. The Morgan fingerprint density at radius 2 is 2.04 bits per heavy atom. The molecule has 1 amide bonds. The molecule has 0 atom stereocenters. The van der Waals surface area contributed by atoms with Crippen LogP contribution in [0.1, 0.15) is 11.1 Å². The number of methoxy groups -OCH3 is 1. The van der Waals surface area contributed by atoms with Crippen molar-refractivity contribution in [2.45, 2.75) is 18.5 Å². The number of amides is 1. The molecule has 3 aromatic rings. The van der Waals surface area contributed by atoms with Crippen molar-refractivity contribution in [2.75, 3.05) is 19.4 Å². The summed E-state index contributed by atoms with van der Waals surface area (Å²) in [4.78, 5) is 16.5. The van der Waals surface area contributed by atoms with Crippen molar-refractivity contribution in [2.24, 2.45) is 0 Å². The van der Waals surface area contributed by atoms with Gasteiger partial charge in [0.05, 0.1) is 18.6 Å². The molecule has 0 radical (unpaired) electrons. The molecule has 0 saturated heterocycles. The first-order chi connectivity index (χ1) is 13.2. The van der Waals surface area contributed by atoms with Gasteiger partial charge < -0.3 is 10.1 Å². The van der Waals surface area contributed by atoms with Crippen LogP contribution in [0.5, 0.6) is 5.75 Å². The highest BCUT2D eigenvalue weighted by Crippen LogP contribution is 2.28.